The molecule has 5 heteroatoms. The van der Waals surface area contributed by atoms with Crippen LogP contribution in [0.25, 0.3) is 0 Å². The van der Waals surface area contributed by atoms with Crippen LogP contribution >= 0.6 is 0 Å². The molecule has 0 spiro atoms. The largest absolute Gasteiger partial charge is 0.349 e. The number of ether oxygens (including phenoxy) is 3. The number of unbranched alkanes of at least 4 members (excludes halogenated alkanes) is 16. The van der Waals surface area contributed by atoms with Crippen molar-refractivity contribution in [3.05, 3.63) is 24.3 Å². The van der Waals surface area contributed by atoms with E-state index < -0.39 is 0 Å². The van der Waals surface area contributed by atoms with Crippen LogP contribution in [0.4, 0.5) is 0 Å². The molecule has 2 unspecified atom stereocenters. The van der Waals surface area contributed by atoms with Crippen LogP contribution in [0.3, 0.4) is 0 Å². The van der Waals surface area contributed by atoms with Crippen molar-refractivity contribution in [2.24, 2.45) is 0 Å². The van der Waals surface area contributed by atoms with E-state index in [9.17, 15) is 9.59 Å². The van der Waals surface area contributed by atoms with E-state index >= 15 is 0 Å². The Morgan fingerprint density at radius 1 is 0.486 bits per heavy atom. The fourth-order valence-electron chi connectivity index (χ4n) is 4.04. The molecule has 5 nitrogen and oxygen atoms in total. The topological polar surface area (TPSA) is 61.8 Å². The molecule has 0 bridgehead atoms. The van der Waals surface area contributed by atoms with Crippen molar-refractivity contribution in [3.63, 3.8) is 0 Å². The Labute approximate surface area is 228 Å². The van der Waals surface area contributed by atoms with Crippen LogP contribution < -0.4 is 0 Å². The highest BCUT2D eigenvalue weighted by Crippen LogP contribution is 2.13. The number of rotatable bonds is 30. The fraction of sp³-hybridized carbons (Fsp3) is 0.812. The Balaban J connectivity index is 4.26. The minimum absolute atomic E-state index is 0.386. The van der Waals surface area contributed by atoms with Crippen molar-refractivity contribution < 1.29 is 23.8 Å². The average molecular weight is 523 g/mol. The number of carbonyl (C=O) groups excluding carboxylic acids is 2. The Morgan fingerprint density at radius 2 is 0.811 bits per heavy atom. The Morgan fingerprint density at radius 3 is 1.14 bits per heavy atom. The van der Waals surface area contributed by atoms with Crippen molar-refractivity contribution in [1.29, 1.82) is 0 Å². The number of aldehydes is 2. The highest BCUT2D eigenvalue weighted by atomic mass is 16.8. The summed E-state index contributed by atoms with van der Waals surface area (Å²) in [4.78, 5) is 20.7. The summed E-state index contributed by atoms with van der Waals surface area (Å²) >= 11 is 0. The number of hydrogen-bond acceptors (Lipinski definition) is 5. The van der Waals surface area contributed by atoms with Crippen molar-refractivity contribution in [2.45, 2.75) is 155 Å². The zero-order valence-electron chi connectivity index (χ0n) is 24.2. The summed E-state index contributed by atoms with van der Waals surface area (Å²) in [5, 5.41) is 0. The van der Waals surface area contributed by atoms with E-state index in [4.69, 9.17) is 14.2 Å². The van der Waals surface area contributed by atoms with Gasteiger partial charge in [-0.1, -0.05) is 90.2 Å². The van der Waals surface area contributed by atoms with Crippen LogP contribution in [0.5, 0.6) is 0 Å². The Bertz CT molecular complexity index is 485. The summed E-state index contributed by atoms with van der Waals surface area (Å²) in [6, 6.07) is 0. The number of carbonyl (C=O) groups is 2. The van der Waals surface area contributed by atoms with E-state index in [2.05, 4.69) is 26.0 Å². The van der Waals surface area contributed by atoms with Gasteiger partial charge in [0.05, 0.1) is 0 Å². The minimum Gasteiger partial charge on any atom is -0.349 e. The van der Waals surface area contributed by atoms with E-state index in [-0.39, 0.29) is 12.6 Å². The lowest BCUT2D eigenvalue weighted by atomic mass is 10.1. The molecule has 216 valence electrons. The molecule has 0 amide bonds. The van der Waals surface area contributed by atoms with Crippen molar-refractivity contribution in [1.82, 2.24) is 0 Å². The molecule has 0 aliphatic heterocycles. The molecule has 0 radical (unpaired) electrons. The molecular weight excluding hydrogens is 464 g/mol. The molecular formula is C32H58O5. The standard InChI is InChI=1S/C32H58O5/c1-3-29-35-31(25-21-17-13-9-5-7-11-15-19-23-27-33)37-32(36-30-4-2)26-22-18-14-10-6-8-12-16-20-24-28-34/h21-22,25-28,31-32H,3-20,23-24,29-30H2,1-2H3. The third-order valence-corrected chi connectivity index (χ3v) is 6.21. The number of allylic oxidation sites excluding steroid dienone is 2. The average Bonchev–Trinajstić information content (AvgIpc) is 2.91. The molecule has 0 heterocycles. The quantitative estimate of drug-likeness (QED) is 0.0407. The van der Waals surface area contributed by atoms with Gasteiger partial charge < -0.3 is 23.8 Å². The fourth-order valence-corrected chi connectivity index (χ4v) is 4.04. The molecule has 0 fully saturated rings. The van der Waals surface area contributed by atoms with Crippen molar-refractivity contribution >= 4 is 12.6 Å². The SMILES string of the molecule is CCCOC(C=CCCCCCCCCCC=O)OC(C=CCCCCCCCCCC=O)OCCC. The molecule has 0 saturated carbocycles. The van der Waals surface area contributed by atoms with E-state index in [1.165, 1.54) is 77.0 Å². The van der Waals surface area contributed by atoms with Gasteiger partial charge in [-0.15, -0.1) is 0 Å². The van der Waals surface area contributed by atoms with Crippen LogP contribution in [0.15, 0.2) is 24.3 Å². The summed E-state index contributed by atoms with van der Waals surface area (Å²) in [7, 11) is 0. The van der Waals surface area contributed by atoms with Gasteiger partial charge in [0, 0.05) is 26.1 Å². The van der Waals surface area contributed by atoms with Gasteiger partial charge in [0.1, 0.15) is 12.6 Å². The van der Waals surface area contributed by atoms with Crippen LogP contribution in [0.1, 0.15) is 142 Å². The number of hydrogen-bond donors (Lipinski definition) is 0. The van der Waals surface area contributed by atoms with E-state index in [1.807, 2.05) is 12.2 Å². The van der Waals surface area contributed by atoms with Gasteiger partial charge in [0.15, 0.2) is 12.6 Å². The molecule has 0 aliphatic carbocycles. The zero-order chi connectivity index (χ0) is 27.1. The molecule has 0 rings (SSSR count). The predicted octanol–water partition coefficient (Wildman–Crippen LogP) is 9.04. The summed E-state index contributed by atoms with van der Waals surface area (Å²) < 4.78 is 18.0. The monoisotopic (exact) mass is 522 g/mol. The molecule has 0 saturated heterocycles. The van der Waals surface area contributed by atoms with Crippen LogP contribution in [0, 0.1) is 0 Å². The highest BCUT2D eigenvalue weighted by Gasteiger charge is 2.13. The van der Waals surface area contributed by atoms with Gasteiger partial charge in [-0.05, 0) is 63.5 Å². The lowest BCUT2D eigenvalue weighted by Gasteiger charge is -2.21. The first-order valence-electron chi connectivity index (χ1n) is 15.4. The normalized spacial score (nSPS) is 13.5. The molecule has 0 aromatic rings. The maximum absolute atomic E-state index is 10.3. The van der Waals surface area contributed by atoms with Gasteiger partial charge >= 0.3 is 0 Å². The van der Waals surface area contributed by atoms with E-state index in [0.29, 0.717) is 26.1 Å². The third-order valence-electron chi connectivity index (χ3n) is 6.21. The maximum atomic E-state index is 10.3. The summed E-state index contributed by atoms with van der Waals surface area (Å²) in [5.74, 6) is 0. The van der Waals surface area contributed by atoms with Crippen molar-refractivity contribution in [3.8, 4) is 0 Å². The molecule has 0 aromatic carbocycles. The first-order chi connectivity index (χ1) is 18.3. The van der Waals surface area contributed by atoms with Gasteiger partial charge in [-0.2, -0.15) is 0 Å². The van der Waals surface area contributed by atoms with Gasteiger partial charge in [0.25, 0.3) is 0 Å². The molecule has 0 N–H and O–H groups in total. The Hall–Kier alpha value is -1.30. The lowest BCUT2D eigenvalue weighted by Crippen LogP contribution is -2.25. The van der Waals surface area contributed by atoms with Crippen molar-refractivity contribution in [2.75, 3.05) is 13.2 Å². The van der Waals surface area contributed by atoms with Crippen LogP contribution in [-0.4, -0.2) is 38.4 Å². The zero-order valence-corrected chi connectivity index (χ0v) is 24.2. The van der Waals surface area contributed by atoms with Gasteiger partial charge in [-0.25, -0.2) is 0 Å². The van der Waals surface area contributed by atoms with E-state index in [0.717, 1.165) is 51.1 Å². The first-order valence-corrected chi connectivity index (χ1v) is 15.4. The van der Waals surface area contributed by atoms with Crippen LogP contribution in [-0.2, 0) is 23.8 Å². The Kier molecular flexibility index (Phi) is 29.8. The first kappa shape index (κ1) is 35.7. The maximum Gasteiger partial charge on any atom is 0.180 e. The van der Waals surface area contributed by atoms with Crippen LogP contribution in [0.2, 0.25) is 0 Å². The highest BCUT2D eigenvalue weighted by molar-refractivity contribution is 5.49. The predicted molar refractivity (Wildman–Crippen MR) is 155 cm³/mol. The molecule has 0 aromatic heterocycles. The summed E-state index contributed by atoms with van der Waals surface area (Å²) in [6.07, 6.45) is 31.9. The minimum atomic E-state index is -0.386. The third kappa shape index (κ3) is 27.5. The second-order valence-corrected chi connectivity index (χ2v) is 9.91. The smallest absolute Gasteiger partial charge is 0.180 e. The summed E-state index contributed by atoms with van der Waals surface area (Å²) in [5.41, 5.74) is 0. The molecule has 0 aliphatic rings. The lowest BCUT2D eigenvalue weighted by molar-refractivity contribution is -0.207. The molecule has 37 heavy (non-hydrogen) atoms. The van der Waals surface area contributed by atoms with Gasteiger partial charge in [-0.3, -0.25) is 0 Å². The van der Waals surface area contributed by atoms with Gasteiger partial charge in [0.2, 0.25) is 0 Å². The van der Waals surface area contributed by atoms with E-state index in [1.54, 1.807) is 0 Å². The second kappa shape index (κ2) is 30.9. The molecule has 2 atom stereocenters. The second-order valence-electron chi connectivity index (χ2n) is 9.91. The summed E-state index contributed by atoms with van der Waals surface area (Å²) in [6.45, 7) is 5.54.